The van der Waals surface area contributed by atoms with Crippen molar-refractivity contribution < 1.29 is 4.79 Å². The van der Waals surface area contributed by atoms with Gasteiger partial charge in [-0.05, 0) is 74.4 Å². The van der Waals surface area contributed by atoms with Crippen LogP contribution in [0.25, 0.3) is 0 Å². The molecule has 1 spiro atoms. The van der Waals surface area contributed by atoms with Crippen LogP contribution >= 0.6 is 24.8 Å². The molecule has 0 aromatic heterocycles. The number of nitrogens with zero attached hydrogens (tertiary/aromatic N) is 1. The zero-order valence-corrected chi connectivity index (χ0v) is 18.8. The van der Waals surface area contributed by atoms with E-state index in [0.717, 1.165) is 56.0 Å². The lowest BCUT2D eigenvalue weighted by atomic mass is 9.78. The molecule has 2 aromatic rings. The van der Waals surface area contributed by atoms with Crippen LogP contribution in [0.4, 0.5) is 11.4 Å². The number of halogens is 2. The number of piperidine rings is 1. The van der Waals surface area contributed by atoms with E-state index in [2.05, 4.69) is 42.7 Å². The van der Waals surface area contributed by atoms with Crippen molar-refractivity contribution in [3.05, 3.63) is 59.2 Å². The van der Waals surface area contributed by atoms with E-state index in [1.807, 2.05) is 29.2 Å². The summed E-state index contributed by atoms with van der Waals surface area (Å²) in [4.78, 5) is 15.3. The summed E-state index contributed by atoms with van der Waals surface area (Å²) in [6.07, 6.45) is 3.47. The van der Waals surface area contributed by atoms with E-state index in [0.29, 0.717) is 5.41 Å². The Hall–Kier alpha value is -1.75. The van der Waals surface area contributed by atoms with Crippen LogP contribution in [0.15, 0.2) is 42.5 Å². The second-order valence-electron chi connectivity index (χ2n) is 8.14. The molecule has 4 nitrogen and oxygen atoms in total. The Kier molecular flexibility index (Phi) is 7.98. The predicted molar refractivity (Wildman–Crippen MR) is 125 cm³/mol. The summed E-state index contributed by atoms with van der Waals surface area (Å²) in [6, 6.07) is 14.1. The van der Waals surface area contributed by atoms with Crippen molar-refractivity contribution in [1.29, 1.82) is 0 Å². The van der Waals surface area contributed by atoms with Gasteiger partial charge in [-0.1, -0.05) is 24.3 Å². The number of carbonyl (C=O) groups is 1. The van der Waals surface area contributed by atoms with Crippen LogP contribution in [0.1, 0.15) is 40.7 Å². The van der Waals surface area contributed by atoms with Crippen LogP contribution < -0.4 is 10.6 Å². The van der Waals surface area contributed by atoms with Crippen molar-refractivity contribution in [3.63, 3.8) is 0 Å². The first-order valence-corrected chi connectivity index (χ1v) is 10.0. The molecule has 2 aromatic carbocycles. The molecule has 0 radical (unpaired) electrons. The lowest BCUT2D eigenvalue weighted by molar-refractivity contribution is 0.0608. The number of likely N-dealkylation sites (tertiary alicyclic amines) is 1. The third-order valence-corrected chi connectivity index (χ3v) is 6.47. The summed E-state index contributed by atoms with van der Waals surface area (Å²) in [7, 11) is 0. The Morgan fingerprint density at radius 1 is 0.966 bits per heavy atom. The molecular weight excluding hydrogens is 405 g/mol. The molecule has 6 heteroatoms. The highest BCUT2D eigenvalue weighted by Crippen LogP contribution is 2.37. The summed E-state index contributed by atoms with van der Waals surface area (Å²) in [5, 5.41) is 6.98. The molecule has 29 heavy (non-hydrogen) atoms. The highest BCUT2D eigenvalue weighted by Gasteiger charge is 2.38. The Morgan fingerprint density at radius 2 is 1.66 bits per heavy atom. The van der Waals surface area contributed by atoms with Crippen LogP contribution in [0.3, 0.4) is 0 Å². The van der Waals surface area contributed by atoms with Gasteiger partial charge in [0.1, 0.15) is 0 Å². The van der Waals surface area contributed by atoms with Crippen LogP contribution in [-0.4, -0.2) is 37.0 Å². The number of rotatable bonds is 3. The SMILES string of the molecule is Cc1cccc(Nc2ccccc2C(=O)N2CCC3(CCNC3)CC2)c1C.Cl.Cl. The van der Waals surface area contributed by atoms with Gasteiger partial charge in [0.05, 0.1) is 11.3 Å². The lowest BCUT2D eigenvalue weighted by Crippen LogP contribution is -2.44. The third kappa shape index (κ3) is 4.88. The molecule has 0 aliphatic carbocycles. The number of hydrogen-bond donors (Lipinski definition) is 2. The van der Waals surface area contributed by atoms with E-state index in [1.54, 1.807) is 0 Å². The summed E-state index contributed by atoms with van der Waals surface area (Å²) < 4.78 is 0. The molecule has 2 heterocycles. The number of aryl methyl sites for hydroxylation is 1. The highest BCUT2D eigenvalue weighted by molar-refractivity contribution is 6.00. The van der Waals surface area contributed by atoms with Gasteiger partial charge in [0, 0.05) is 25.3 Å². The van der Waals surface area contributed by atoms with E-state index < -0.39 is 0 Å². The minimum Gasteiger partial charge on any atom is -0.355 e. The molecule has 2 aliphatic heterocycles. The van der Waals surface area contributed by atoms with Gasteiger partial charge in [-0.15, -0.1) is 24.8 Å². The van der Waals surface area contributed by atoms with Gasteiger partial charge in [0.2, 0.25) is 0 Å². The molecule has 2 fully saturated rings. The summed E-state index contributed by atoms with van der Waals surface area (Å²) in [6.45, 7) is 8.17. The van der Waals surface area contributed by atoms with Gasteiger partial charge in [-0.3, -0.25) is 4.79 Å². The molecular formula is C23H31Cl2N3O. The zero-order chi connectivity index (χ0) is 18.9. The number of benzene rings is 2. The largest absolute Gasteiger partial charge is 0.355 e. The van der Waals surface area contributed by atoms with Gasteiger partial charge in [-0.25, -0.2) is 0 Å². The standard InChI is InChI=1S/C23H29N3O.2ClH/c1-17-6-5-9-20(18(17)2)25-21-8-4-3-7-19(21)22(27)26-14-11-23(12-15-26)10-13-24-16-23;;/h3-9,24-25H,10-16H2,1-2H3;2*1H. The fourth-order valence-corrected chi connectivity index (χ4v) is 4.39. The summed E-state index contributed by atoms with van der Waals surface area (Å²) in [5.74, 6) is 0.143. The van der Waals surface area contributed by atoms with Crippen molar-refractivity contribution in [3.8, 4) is 0 Å². The molecule has 0 unspecified atom stereocenters. The van der Waals surface area contributed by atoms with E-state index >= 15 is 0 Å². The second kappa shape index (κ2) is 9.84. The van der Waals surface area contributed by atoms with Gasteiger partial charge in [0.15, 0.2) is 0 Å². The molecule has 2 aliphatic rings. The quantitative estimate of drug-likeness (QED) is 0.703. The number of amides is 1. The van der Waals surface area contributed by atoms with Crippen LogP contribution in [0, 0.1) is 19.3 Å². The molecule has 0 atom stereocenters. The topological polar surface area (TPSA) is 44.4 Å². The Labute approximate surface area is 186 Å². The van der Waals surface area contributed by atoms with E-state index in [9.17, 15) is 4.79 Å². The van der Waals surface area contributed by atoms with Gasteiger partial charge >= 0.3 is 0 Å². The van der Waals surface area contributed by atoms with Gasteiger partial charge in [0.25, 0.3) is 5.91 Å². The minimum atomic E-state index is 0. The van der Waals surface area contributed by atoms with E-state index in [1.165, 1.54) is 17.5 Å². The Bertz CT molecular complexity index is 840. The molecule has 0 saturated carbocycles. The number of carbonyl (C=O) groups excluding carboxylic acids is 1. The smallest absolute Gasteiger partial charge is 0.255 e. The van der Waals surface area contributed by atoms with E-state index in [-0.39, 0.29) is 30.7 Å². The van der Waals surface area contributed by atoms with Crippen LogP contribution in [0.2, 0.25) is 0 Å². The van der Waals surface area contributed by atoms with Gasteiger partial charge < -0.3 is 15.5 Å². The first-order chi connectivity index (χ1) is 13.1. The van der Waals surface area contributed by atoms with Crippen molar-refractivity contribution in [2.45, 2.75) is 33.1 Å². The Morgan fingerprint density at radius 3 is 2.34 bits per heavy atom. The summed E-state index contributed by atoms with van der Waals surface area (Å²) in [5.41, 5.74) is 5.60. The molecule has 4 rings (SSSR count). The first kappa shape index (κ1) is 23.5. The van der Waals surface area contributed by atoms with Crippen LogP contribution in [-0.2, 0) is 0 Å². The molecule has 2 saturated heterocycles. The maximum absolute atomic E-state index is 13.2. The highest BCUT2D eigenvalue weighted by atomic mass is 35.5. The normalized spacial score (nSPS) is 17.4. The average molecular weight is 436 g/mol. The predicted octanol–water partition coefficient (Wildman–Crippen LogP) is 5.11. The molecule has 0 bridgehead atoms. The van der Waals surface area contributed by atoms with Crippen molar-refractivity contribution in [1.82, 2.24) is 10.2 Å². The first-order valence-electron chi connectivity index (χ1n) is 10.0. The number of hydrogen-bond acceptors (Lipinski definition) is 3. The zero-order valence-electron chi connectivity index (χ0n) is 17.2. The van der Waals surface area contributed by atoms with Crippen molar-refractivity contribution in [2.24, 2.45) is 5.41 Å². The Balaban J connectivity index is 0.00000150. The lowest BCUT2D eigenvalue weighted by Gasteiger charge is -2.39. The maximum atomic E-state index is 13.2. The molecule has 1 amide bonds. The fraction of sp³-hybridized carbons (Fsp3) is 0.435. The number of nitrogens with one attached hydrogen (secondary N) is 2. The van der Waals surface area contributed by atoms with Crippen molar-refractivity contribution >= 4 is 42.1 Å². The van der Waals surface area contributed by atoms with E-state index in [4.69, 9.17) is 0 Å². The average Bonchev–Trinajstić information content (AvgIpc) is 3.14. The second-order valence-corrected chi connectivity index (χ2v) is 8.14. The molecule has 158 valence electrons. The van der Waals surface area contributed by atoms with Crippen molar-refractivity contribution in [2.75, 3.05) is 31.5 Å². The van der Waals surface area contributed by atoms with Crippen LogP contribution in [0.5, 0.6) is 0 Å². The van der Waals surface area contributed by atoms with Gasteiger partial charge in [-0.2, -0.15) is 0 Å². The molecule has 2 N–H and O–H groups in total. The summed E-state index contributed by atoms with van der Waals surface area (Å²) >= 11 is 0. The fourth-order valence-electron chi connectivity index (χ4n) is 4.39. The third-order valence-electron chi connectivity index (χ3n) is 6.47. The number of para-hydroxylation sites is 1. The minimum absolute atomic E-state index is 0. The number of anilines is 2. The monoisotopic (exact) mass is 435 g/mol. The maximum Gasteiger partial charge on any atom is 0.255 e.